The molecule has 0 fully saturated rings. The molecule has 1 aromatic rings. The van der Waals surface area contributed by atoms with Crippen molar-refractivity contribution >= 4 is 35.1 Å². The molecule has 1 unspecified atom stereocenters. The van der Waals surface area contributed by atoms with E-state index in [0.717, 1.165) is 0 Å². The molecule has 0 aliphatic carbocycles. The van der Waals surface area contributed by atoms with E-state index in [2.05, 4.69) is 10.3 Å². The highest BCUT2D eigenvalue weighted by molar-refractivity contribution is 6.41. The molecular formula is C8H8Cl2N2O4. The van der Waals surface area contributed by atoms with Crippen molar-refractivity contribution in [1.82, 2.24) is 10.3 Å². The van der Waals surface area contributed by atoms with Crippen molar-refractivity contribution in [3.05, 3.63) is 21.9 Å². The fraction of sp³-hybridized carbons (Fsp3) is 0.250. The minimum atomic E-state index is -1.37. The number of nitrogens with one attached hydrogen (secondary N) is 2. The Morgan fingerprint density at radius 1 is 1.50 bits per heavy atom. The number of aliphatic carboxylic acids is 1. The smallest absolute Gasteiger partial charge is 0.328 e. The van der Waals surface area contributed by atoms with Crippen LogP contribution in [0.15, 0.2) is 6.07 Å². The molecule has 0 aliphatic heterocycles. The highest BCUT2D eigenvalue weighted by Crippen LogP contribution is 2.21. The van der Waals surface area contributed by atoms with Crippen molar-refractivity contribution in [2.45, 2.75) is 6.04 Å². The zero-order valence-corrected chi connectivity index (χ0v) is 9.34. The fourth-order valence-electron chi connectivity index (χ4n) is 0.948. The second-order valence-corrected chi connectivity index (χ2v) is 3.68. The van der Waals surface area contributed by atoms with Crippen LogP contribution in [0.2, 0.25) is 10.2 Å². The Hall–Kier alpha value is -1.24. The van der Waals surface area contributed by atoms with Gasteiger partial charge < -0.3 is 20.5 Å². The molecule has 8 heteroatoms. The van der Waals surface area contributed by atoms with Gasteiger partial charge in [-0.1, -0.05) is 23.2 Å². The number of hydrogen-bond donors (Lipinski definition) is 4. The predicted octanol–water partition coefficient (Wildman–Crippen LogP) is 0.497. The Morgan fingerprint density at radius 3 is 2.50 bits per heavy atom. The summed E-state index contributed by atoms with van der Waals surface area (Å²) >= 11 is 11.2. The van der Waals surface area contributed by atoms with Crippen LogP contribution in [0.1, 0.15) is 10.5 Å². The van der Waals surface area contributed by atoms with Gasteiger partial charge in [-0.15, -0.1) is 0 Å². The van der Waals surface area contributed by atoms with Crippen molar-refractivity contribution in [3.8, 4) is 0 Å². The summed E-state index contributed by atoms with van der Waals surface area (Å²) in [7, 11) is 0. The van der Waals surface area contributed by atoms with Gasteiger partial charge in [0.15, 0.2) is 6.04 Å². The van der Waals surface area contributed by atoms with Crippen LogP contribution in [0.5, 0.6) is 0 Å². The minimum absolute atomic E-state index is 0.0229. The van der Waals surface area contributed by atoms with Gasteiger partial charge in [-0.25, -0.2) is 4.79 Å². The summed E-state index contributed by atoms with van der Waals surface area (Å²) in [6, 6.07) is -0.108. The number of hydrogen-bond acceptors (Lipinski definition) is 3. The third-order valence-electron chi connectivity index (χ3n) is 1.76. The first-order chi connectivity index (χ1) is 7.45. The maximum Gasteiger partial charge on any atom is 0.328 e. The van der Waals surface area contributed by atoms with E-state index >= 15 is 0 Å². The molecule has 1 atom stereocenters. The van der Waals surface area contributed by atoms with Gasteiger partial charge in [-0.05, 0) is 6.07 Å². The lowest BCUT2D eigenvalue weighted by molar-refractivity contribution is -0.140. The molecule has 1 amide bonds. The number of rotatable bonds is 4. The Morgan fingerprint density at radius 2 is 2.12 bits per heavy atom. The predicted molar refractivity (Wildman–Crippen MR) is 56.8 cm³/mol. The zero-order chi connectivity index (χ0) is 12.3. The molecule has 0 saturated carbocycles. The number of carboxylic acids is 1. The molecule has 1 heterocycles. The molecule has 6 nitrogen and oxygen atoms in total. The lowest BCUT2D eigenvalue weighted by Gasteiger charge is -2.10. The van der Waals surface area contributed by atoms with E-state index in [0.29, 0.717) is 0 Å². The first kappa shape index (κ1) is 12.8. The molecule has 0 aliphatic rings. The minimum Gasteiger partial charge on any atom is -0.480 e. The molecule has 1 rings (SSSR count). The average molecular weight is 267 g/mol. The van der Waals surface area contributed by atoms with Gasteiger partial charge in [-0.3, -0.25) is 4.79 Å². The van der Waals surface area contributed by atoms with Crippen LogP contribution in [0.25, 0.3) is 0 Å². The van der Waals surface area contributed by atoms with Crippen LogP contribution in [0.3, 0.4) is 0 Å². The summed E-state index contributed by atoms with van der Waals surface area (Å²) in [6.07, 6.45) is 0. The standard InChI is InChI=1S/C8H8Cl2N2O4/c9-3-1-4(11-6(3)10)7(14)12-5(2-13)8(15)16/h1,5,11,13H,2H2,(H,12,14)(H,15,16). The van der Waals surface area contributed by atoms with Gasteiger partial charge in [-0.2, -0.15) is 0 Å². The van der Waals surface area contributed by atoms with Crippen molar-refractivity contribution in [3.63, 3.8) is 0 Å². The molecule has 16 heavy (non-hydrogen) atoms. The summed E-state index contributed by atoms with van der Waals surface area (Å²) in [4.78, 5) is 24.4. The van der Waals surface area contributed by atoms with Gasteiger partial charge in [0, 0.05) is 0 Å². The second-order valence-electron chi connectivity index (χ2n) is 2.89. The third-order valence-corrected chi connectivity index (χ3v) is 2.45. The Kier molecular flexibility index (Phi) is 4.17. The number of aliphatic hydroxyl groups excluding tert-OH is 1. The highest BCUT2D eigenvalue weighted by Gasteiger charge is 2.20. The third kappa shape index (κ3) is 2.88. The van der Waals surface area contributed by atoms with Gasteiger partial charge in [0.2, 0.25) is 0 Å². The molecule has 0 radical (unpaired) electrons. The van der Waals surface area contributed by atoms with Gasteiger partial charge >= 0.3 is 5.97 Å². The van der Waals surface area contributed by atoms with E-state index < -0.39 is 24.5 Å². The van der Waals surface area contributed by atoms with E-state index in [1.165, 1.54) is 6.07 Å². The van der Waals surface area contributed by atoms with Crippen molar-refractivity contribution in [1.29, 1.82) is 0 Å². The summed E-state index contributed by atoms with van der Waals surface area (Å²) in [5, 5.41) is 19.6. The molecule has 0 bridgehead atoms. The molecule has 1 aromatic heterocycles. The number of aliphatic hydroxyl groups is 1. The summed E-state index contributed by atoms with van der Waals surface area (Å²) in [5.41, 5.74) is 0.0229. The van der Waals surface area contributed by atoms with E-state index in [4.69, 9.17) is 33.4 Å². The van der Waals surface area contributed by atoms with Crippen LogP contribution in [0.4, 0.5) is 0 Å². The number of carbonyl (C=O) groups excluding carboxylic acids is 1. The van der Waals surface area contributed by atoms with Gasteiger partial charge in [0.25, 0.3) is 5.91 Å². The average Bonchev–Trinajstić information content (AvgIpc) is 2.55. The largest absolute Gasteiger partial charge is 0.480 e. The van der Waals surface area contributed by atoms with Crippen LogP contribution in [0, 0.1) is 0 Å². The number of carboxylic acid groups (broad SMARTS) is 1. The Balaban J connectivity index is 2.75. The van der Waals surface area contributed by atoms with Crippen molar-refractivity contribution in [2.75, 3.05) is 6.61 Å². The van der Waals surface area contributed by atoms with E-state index in [9.17, 15) is 9.59 Å². The van der Waals surface area contributed by atoms with Gasteiger partial charge in [0.1, 0.15) is 10.8 Å². The van der Waals surface area contributed by atoms with Crippen LogP contribution in [-0.2, 0) is 4.79 Å². The molecule has 0 aromatic carbocycles. The quantitative estimate of drug-likeness (QED) is 0.637. The van der Waals surface area contributed by atoms with Crippen LogP contribution in [-0.4, -0.2) is 39.7 Å². The molecule has 4 N–H and O–H groups in total. The first-order valence-corrected chi connectivity index (χ1v) is 4.89. The summed E-state index contributed by atoms with van der Waals surface area (Å²) in [5.74, 6) is -2.05. The maximum absolute atomic E-state index is 11.4. The van der Waals surface area contributed by atoms with Crippen LogP contribution < -0.4 is 5.32 Å². The Bertz CT molecular complexity index is 399. The first-order valence-electron chi connectivity index (χ1n) is 4.14. The van der Waals surface area contributed by atoms with Crippen molar-refractivity contribution in [2.24, 2.45) is 0 Å². The number of H-pyrrole nitrogens is 1. The molecule has 88 valence electrons. The zero-order valence-electron chi connectivity index (χ0n) is 7.83. The van der Waals surface area contributed by atoms with Crippen LogP contribution >= 0.6 is 23.2 Å². The second kappa shape index (κ2) is 5.20. The number of aromatic nitrogens is 1. The van der Waals surface area contributed by atoms with E-state index in [-0.39, 0.29) is 15.9 Å². The maximum atomic E-state index is 11.4. The number of aromatic amines is 1. The highest BCUT2D eigenvalue weighted by atomic mass is 35.5. The fourth-order valence-corrected chi connectivity index (χ4v) is 1.26. The SMILES string of the molecule is O=C(NC(CO)C(=O)O)c1cc(Cl)c(Cl)[nH]1. The monoisotopic (exact) mass is 266 g/mol. The summed E-state index contributed by atoms with van der Waals surface area (Å²) in [6.45, 7) is -0.705. The van der Waals surface area contributed by atoms with Gasteiger partial charge in [0.05, 0.1) is 11.6 Å². The summed E-state index contributed by atoms with van der Waals surface area (Å²) < 4.78 is 0. The number of amides is 1. The van der Waals surface area contributed by atoms with Crippen molar-refractivity contribution < 1.29 is 19.8 Å². The van der Waals surface area contributed by atoms with E-state index in [1.54, 1.807) is 0 Å². The lowest BCUT2D eigenvalue weighted by atomic mass is 10.3. The number of halogens is 2. The molecular weight excluding hydrogens is 259 g/mol. The Labute approximate surface area is 100 Å². The normalized spacial score (nSPS) is 12.2. The van der Waals surface area contributed by atoms with E-state index in [1.807, 2.05) is 0 Å². The number of carbonyl (C=O) groups is 2. The topological polar surface area (TPSA) is 102 Å². The lowest BCUT2D eigenvalue weighted by Crippen LogP contribution is -2.43. The molecule has 0 spiro atoms. The molecule has 0 saturated heterocycles.